The van der Waals surface area contributed by atoms with E-state index in [1.165, 1.54) is 15.6 Å². The molecule has 1 fully saturated rings. The number of sulfonamides is 1. The van der Waals surface area contributed by atoms with Crippen molar-refractivity contribution in [2.24, 2.45) is 0 Å². The van der Waals surface area contributed by atoms with Crippen LogP contribution >= 0.6 is 11.3 Å². The molecular weight excluding hydrogens is 508 g/mol. The molecule has 0 aliphatic carbocycles. The number of carbonyl (C=O) groups excluding carboxylic acids is 1. The van der Waals surface area contributed by atoms with E-state index >= 15 is 0 Å². The zero-order valence-electron chi connectivity index (χ0n) is 20.7. The van der Waals surface area contributed by atoms with E-state index in [1.807, 2.05) is 50.2 Å². The number of fused-ring (bicyclic) bond motifs is 1. The zero-order chi connectivity index (χ0) is 26.0. The predicted octanol–water partition coefficient (Wildman–Crippen LogP) is 4.78. The number of ether oxygens (including phenoxy) is 1. The molecule has 0 bridgehead atoms. The Hall–Kier alpha value is -3.34. The van der Waals surface area contributed by atoms with E-state index in [9.17, 15) is 13.2 Å². The molecule has 8 nitrogen and oxygen atoms in total. The lowest BCUT2D eigenvalue weighted by molar-refractivity contribution is -0.121. The Balaban J connectivity index is 1.51. The molecule has 37 heavy (non-hydrogen) atoms. The summed E-state index contributed by atoms with van der Waals surface area (Å²) in [5.74, 6) is 0.432. The van der Waals surface area contributed by atoms with Crippen LogP contribution in [-0.4, -0.2) is 47.8 Å². The number of benzene rings is 2. The molecule has 1 aliphatic rings. The first-order valence-electron chi connectivity index (χ1n) is 12.2. The van der Waals surface area contributed by atoms with Gasteiger partial charge in [-0.2, -0.15) is 4.31 Å². The topological polar surface area (TPSA) is 92.7 Å². The molecule has 1 aliphatic heterocycles. The number of anilines is 1. The van der Waals surface area contributed by atoms with Crippen molar-refractivity contribution in [2.45, 2.75) is 44.2 Å². The second-order valence-electron chi connectivity index (χ2n) is 8.89. The maximum Gasteiger partial charge on any atom is 0.247 e. The van der Waals surface area contributed by atoms with E-state index in [2.05, 4.69) is 4.98 Å². The molecule has 5 rings (SSSR count). The van der Waals surface area contributed by atoms with Crippen LogP contribution in [0.5, 0.6) is 5.75 Å². The quantitative estimate of drug-likeness (QED) is 0.322. The summed E-state index contributed by atoms with van der Waals surface area (Å²) in [5, 5.41) is 0.499. The van der Waals surface area contributed by atoms with Gasteiger partial charge < -0.3 is 4.74 Å². The molecule has 1 saturated heterocycles. The van der Waals surface area contributed by atoms with Gasteiger partial charge in [-0.05, 0) is 69.2 Å². The number of hydrogen-bond donors (Lipinski definition) is 0. The smallest absolute Gasteiger partial charge is 0.247 e. The fourth-order valence-electron chi connectivity index (χ4n) is 4.46. The highest BCUT2D eigenvalue weighted by Crippen LogP contribution is 2.35. The van der Waals surface area contributed by atoms with Crippen LogP contribution in [-0.2, 0) is 21.4 Å². The van der Waals surface area contributed by atoms with Crippen LogP contribution in [0.25, 0.3) is 10.2 Å². The third kappa shape index (κ3) is 5.22. The van der Waals surface area contributed by atoms with E-state index in [1.54, 1.807) is 35.4 Å². The van der Waals surface area contributed by atoms with Crippen molar-refractivity contribution in [3.05, 3.63) is 78.1 Å². The van der Waals surface area contributed by atoms with Gasteiger partial charge in [-0.15, -0.1) is 0 Å². The molecular formula is C27H28N4O4S2. The Morgan fingerprint density at radius 1 is 1.16 bits per heavy atom. The molecule has 3 heterocycles. The summed E-state index contributed by atoms with van der Waals surface area (Å²) < 4.78 is 34.9. The van der Waals surface area contributed by atoms with Crippen LogP contribution in [0.3, 0.4) is 0 Å². The first kappa shape index (κ1) is 25.3. The summed E-state index contributed by atoms with van der Waals surface area (Å²) in [6, 6.07) is 17.1. The molecule has 0 spiro atoms. The van der Waals surface area contributed by atoms with Crippen LogP contribution in [0.2, 0.25) is 0 Å². The molecule has 2 aromatic carbocycles. The minimum absolute atomic E-state index is 0.187. The van der Waals surface area contributed by atoms with Crippen LogP contribution in [0.4, 0.5) is 5.13 Å². The monoisotopic (exact) mass is 536 g/mol. The van der Waals surface area contributed by atoms with Crippen LogP contribution < -0.4 is 9.64 Å². The van der Waals surface area contributed by atoms with Crippen molar-refractivity contribution >= 4 is 42.6 Å². The molecule has 0 N–H and O–H groups in total. The van der Waals surface area contributed by atoms with Gasteiger partial charge in [0.1, 0.15) is 11.8 Å². The second-order valence-corrected chi connectivity index (χ2v) is 11.8. The van der Waals surface area contributed by atoms with Gasteiger partial charge in [-0.1, -0.05) is 35.1 Å². The number of aromatic nitrogens is 2. The number of rotatable bonds is 8. The standard InChI is InChI=1S/C27H28N4O4S2/c1-3-35-21-11-14-23-25(17-21)36-27(29-23)30(18-20-7-4-5-15-28-20)26(32)24-8-6-16-31(24)37(33,34)22-12-9-19(2)10-13-22/h4-5,7,9-15,17,24H,3,6,8,16,18H2,1-2H3. The Morgan fingerprint density at radius 2 is 1.97 bits per heavy atom. The maximum atomic E-state index is 14.1. The third-order valence-electron chi connectivity index (χ3n) is 6.32. The lowest BCUT2D eigenvalue weighted by Gasteiger charge is -2.28. The van der Waals surface area contributed by atoms with Crippen molar-refractivity contribution in [3.8, 4) is 5.75 Å². The lowest BCUT2D eigenvalue weighted by Crippen LogP contribution is -2.47. The fourth-order valence-corrected chi connectivity index (χ4v) is 7.11. The van der Waals surface area contributed by atoms with Crippen molar-refractivity contribution in [1.82, 2.24) is 14.3 Å². The number of hydrogen-bond acceptors (Lipinski definition) is 7. The van der Waals surface area contributed by atoms with Gasteiger partial charge in [0.15, 0.2) is 5.13 Å². The molecule has 0 saturated carbocycles. The Labute approximate surface area is 220 Å². The Kier molecular flexibility index (Phi) is 7.23. The molecule has 2 aromatic heterocycles. The Morgan fingerprint density at radius 3 is 2.70 bits per heavy atom. The summed E-state index contributed by atoms with van der Waals surface area (Å²) in [6.07, 6.45) is 2.73. The van der Waals surface area contributed by atoms with Gasteiger partial charge in [-0.3, -0.25) is 14.7 Å². The minimum atomic E-state index is -3.84. The number of amides is 1. The number of pyridine rings is 1. The van der Waals surface area contributed by atoms with Gasteiger partial charge >= 0.3 is 0 Å². The van der Waals surface area contributed by atoms with E-state index in [4.69, 9.17) is 9.72 Å². The highest BCUT2D eigenvalue weighted by atomic mass is 32.2. The maximum absolute atomic E-state index is 14.1. The van der Waals surface area contributed by atoms with Crippen molar-refractivity contribution in [3.63, 3.8) is 0 Å². The molecule has 1 unspecified atom stereocenters. The zero-order valence-corrected chi connectivity index (χ0v) is 22.3. The molecule has 4 aromatic rings. The van der Waals surface area contributed by atoms with Gasteiger partial charge in [0.25, 0.3) is 0 Å². The van der Waals surface area contributed by atoms with E-state index < -0.39 is 16.1 Å². The average molecular weight is 537 g/mol. The summed E-state index contributed by atoms with van der Waals surface area (Å²) in [7, 11) is -3.84. The third-order valence-corrected chi connectivity index (χ3v) is 9.28. The number of nitrogens with zero attached hydrogens (tertiary/aromatic N) is 4. The van der Waals surface area contributed by atoms with Crippen LogP contribution in [0, 0.1) is 6.92 Å². The largest absolute Gasteiger partial charge is 0.494 e. The molecule has 192 valence electrons. The van der Waals surface area contributed by atoms with E-state index in [-0.39, 0.29) is 17.3 Å². The highest BCUT2D eigenvalue weighted by Gasteiger charge is 2.42. The SMILES string of the molecule is CCOc1ccc2nc(N(Cc3ccccn3)C(=O)C3CCCN3S(=O)(=O)c3ccc(C)cc3)sc2c1. The van der Waals surface area contributed by atoms with E-state index in [0.29, 0.717) is 36.8 Å². The summed E-state index contributed by atoms with van der Waals surface area (Å²) in [4.78, 5) is 25.0. The van der Waals surface area contributed by atoms with Gasteiger partial charge in [0, 0.05) is 12.7 Å². The number of thiazole rings is 1. The predicted molar refractivity (Wildman–Crippen MR) is 144 cm³/mol. The van der Waals surface area contributed by atoms with Gasteiger partial charge in [0.05, 0.1) is 34.0 Å². The molecule has 1 atom stereocenters. The summed E-state index contributed by atoms with van der Waals surface area (Å²) in [6.45, 7) is 4.86. The summed E-state index contributed by atoms with van der Waals surface area (Å²) in [5.41, 5.74) is 2.41. The average Bonchev–Trinajstić information content (AvgIpc) is 3.56. The lowest BCUT2D eigenvalue weighted by atomic mass is 10.2. The minimum Gasteiger partial charge on any atom is -0.494 e. The molecule has 0 radical (unpaired) electrons. The van der Waals surface area contributed by atoms with Crippen molar-refractivity contribution in [2.75, 3.05) is 18.1 Å². The van der Waals surface area contributed by atoms with Crippen LogP contribution in [0.1, 0.15) is 31.0 Å². The first-order chi connectivity index (χ1) is 17.9. The molecule has 1 amide bonds. The second kappa shape index (κ2) is 10.6. The Bertz CT molecular complexity index is 1500. The first-order valence-corrected chi connectivity index (χ1v) is 14.5. The summed E-state index contributed by atoms with van der Waals surface area (Å²) >= 11 is 1.38. The number of aryl methyl sites for hydroxylation is 1. The number of carbonyl (C=O) groups is 1. The van der Waals surface area contributed by atoms with E-state index in [0.717, 1.165) is 21.5 Å². The highest BCUT2D eigenvalue weighted by molar-refractivity contribution is 7.89. The van der Waals surface area contributed by atoms with Crippen molar-refractivity contribution < 1.29 is 17.9 Å². The normalized spacial score (nSPS) is 16.2. The van der Waals surface area contributed by atoms with Crippen LogP contribution in [0.15, 0.2) is 71.8 Å². The fraction of sp³-hybridized carbons (Fsp3) is 0.296. The molecule has 10 heteroatoms. The van der Waals surface area contributed by atoms with Crippen molar-refractivity contribution in [1.29, 1.82) is 0 Å². The van der Waals surface area contributed by atoms with Gasteiger partial charge in [-0.25, -0.2) is 13.4 Å². The van der Waals surface area contributed by atoms with Gasteiger partial charge in [0.2, 0.25) is 15.9 Å².